The fourth-order valence-electron chi connectivity index (χ4n) is 1.51. The lowest BCUT2D eigenvalue weighted by Crippen LogP contribution is -2.11. The van der Waals surface area contributed by atoms with Gasteiger partial charge in [0, 0.05) is 18.0 Å². The highest BCUT2D eigenvalue weighted by atomic mass is 35.5. The summed E-state index contributed by atoms with van der Waals surface area (Å²) in [5.41, 5.74) is 2.66. The van der Waals surface area contributed by atoms with Crippen LogP contribution in [0.4, 0.5) is 11.4 Å². The molecule has 0 unspecified atom stereocenters. The van der Waals surface area contributed by atoms with Gasteiger partial charge >= 0.3 is 0 Å². The predicted octanol–water partition coefficient (Wildman–Crippen LogP) is 2.40. The molecule has 3 nitrogen and oxygen atoms in total. The highest BCUT2D eigenvalue weighted by Gasteiger charge is 2.15. The summed E-state index contributed by atoms with van der Waals surface area (Å²) in [4.78, 5) is 11.3. The van der Waals surface area contributed by atoms with Gasteiger partial charge < -0.3 is 10.6 Å². The molecule has 1 aromatic carbocycles. The van der Waals surface area contributed by atoms with Gasteiger partial charge in [-0.15, -0.1) is 0 Å². The maximum Gasteiger partial charge on any atom is 0.226 e. The number of carbonyl (C=O) groups is 1. The number of benzene rings is 1. The van der Waals surface area contributed by atoms with Crippen LogP contribution < -0.4 is 10.6 Å². The van der Waals surface area contributed by atoms with Crippen molar-refractivity contribution in [3.63, 3.8) is 0 Å². The van der Waals surface area contributed by atoms with Gasteiger partial charge in [0.15, 0.2) is 0 Å². The number of halogens is 1. The number of hydrogen-bond acceptors (Lipinski definition) is 2. The zero-order valence-corrected chi connectivity index (χ0v) is 8.61. The molecule has 1 heterocycles. The maximum absolute atomic E-state index is 11.3. The lowest BCUT2D eigenvalue weighted by atomic mass is 10.1. The molecule has 0 saturated carbocycles. The van der Waals surface area contributed by atoms with Gasteiger partial charge in [-0.25, -0.2) is 0 Å². The van der Waals surface area contributed by atoms with Crippen molar-refractivity contribution in [3.8, 4) is 0 Å². The van der Waals surface area contributed by atoms with Gasteiger partial charge in [0.25, 0.3) is 0 Å². The van der Waals surface area contributed by atoms with Crippen molar-refractivity contribution in [2.45, 2.75) is 13.3 Å². The van der Waals surface area contributed by atoms with Gasteiger partial charge in [-0.05, 0) is 24.6 Å². The van der Waals surface area contributed by atoms with E-state index in [1.165, 1.54) is 0 Å². The first-order valence-electron chi connectivity index (χ1n) is 4.51. The molecule has 0 aromatic heterocycles. The zero-order valence-electron chi connectivity index (χ0n) is 7.86. The molecule has 2 N–H and O–H groups in total. The number of amides is 1. The molecular formula is C10H11ClN2O. The Morgan fingerprint density at radius 1 is 1.43 bits per heavy atom. The minimum Gasteiger partial charge on any atom is -0.383 e. The summed E-state index contributed by atoms with van der Waals surface area (Å²) in [6.07, 6.45) is 0.492. The third-order valence-electron chi connectivity index (χ3n) is 2.33. The Kier molecular flexibility index (Phi) is 2.33. The van der Waals surface area contributed by atoms with Crippen molar-refractivity contribution < 1.29 is 4.79 Å². The quantitative estimate of drug-likeness (QED) is 0.691. The Bertz CT molecular complexity index is 390. The van der Waals surface area contributed by atoms with Gasteiger partial charge in [-0.3, -0.25) is 4.79 Å². The Morgan fingerprint density at radius 3 is 3.00 bits per heavy atom. The second-order valence-corrected chi connectivity index (χ2v) is 3.73. The minimum atomic E-state index is 0.0293. The molecule has 1 amide bonds. The lowest BCUT2D eigenvalue weighted by molar-refractivity contribution is -0.115. The van der Waals surface area contributed by atoms with E-state index in [9.17, 15) is 4.79 Å². The fraction of sp³-hybridized carbons (Fsp3) is 0.300. The van der Waals surface area contributed by atoms with E-state index in [4.69, 9.17) is 11.6 Å². The van der Waals surface area contributed by atoms with Crippen LogP contribution >= 0.6 is 11.6 Å². The minimum absolute atomic E-state index is 0.0293. The molecular weight excluding hydrogens is 200 g/mol. The van der Waals surface area contributed by atoms with Crippen LogP contribution in [0.5, 0.6) is 0 Å². The molecule has 74 valence electrons. The van der Waals surface area contributed by atoms with Gasteiger partial charge in [0.2, 0.25) is 5.91 Å². The summed E-state index contributed by atoms with van der Waals surface area (Å²) in [5.74, 6) is 0.0293. The Labute approximate surface area is 87.4 Å². The zero-order chi connectivity index (χ0) is 10.1. The first kappa shape index (κ1) is 9.34. The number of anilines is 2. The highest BCUT2D eigenvalue weighted by Crippen LogP contribution is 2.32. The smallest absolute Gasteiger partial charge is 0.226 e. The second kappa shape index (κ2) is 3.50. The van der Waals surface area contributed by atoms with Crippen molar-refractivity contribution in [2.75, 3.05) is 17.2 Å². The molecule has 1 aliphatic rings. The van der Waals surface area contributed by atoms with Gasteiger partial charge in [0.05, 0.1) is 11.4 Å². The van der Waals surface area contributed by atoms with E-state index in [1.54, 1.807) is 0 Å². The van der Waals surface area contributed by atoms with E-state index < -0.39 is 0 Å². The van der Waals surface area contributed by atoms with Crippen molar-refractivity contribution in [3.05, 3.63) is 22.7 Å². The SMILES string of the molecule is Cc1c(Cl)ccc2c1NC(=O)CCN2. The molecule has 2 rings (SSSR count). The number of hydrogen-bond donors (Lipinski definition) is 2. The lowest BCUT2D eigenvalue weighted by Gasteiger charge is -2.11. The number of nitrogens with one attached hydrogen (secondary N) is 2. The molecule has 4 heteroatoms. The number of rotatable bonds is 0. The standard InChI is InChI=1S/C10H11ClN2O/c1-6-7(11)2-3-8-10(6)13-9(14)4-5-12-8/h2-3,12H,4-5H2,1H3,(H,13,14). The third-order valence-corrected chi connectivity index (χ3v) is 2.74. The Hall–Kier alpha value is -1.22. The van der Waals surface area contributed by atoms with Crippen LogP contribution in [-0.4, -0.2) is 12.5 Å². The molecule has 1 aromatic rings. The molecule has 0 spiro atoms. The van der Waals surface area contributed by atoms with Gasteiger partial charge in [-0.2, -0.15) is 0 Å². The summed E-state index contributed by atoms with van der Waals surface area (Å²) in [6.45, 7) is 2.56. The average Bonchev–Trinajstić information content (AvgIpc) is 2.34. The largest absolute Gasteiger partial charge is 0.383 e. The van der Waals surface area contributed by atoms with Crippen molar-refractivity contribution >= 4 is 28.9 Å². The second-order valence-electron chi connectivity index (χ2n) is 3.32. The molecule has 0 radical (unpaired) electrons. The van der Waals surface area contributed by atoms with E-state index in [-0.39, 0.29) is 5.91 Å². The third kappa shape index (κ3) is 1.55. The molecule has 1 aliphatic heterocycles. The van der Waals surface area contributed by atoms with Crippen LogP contribution in [0.1, 0.15) is 12.0 Å². The molecule has 14 heavy (non-hydrogen) atoms. The fourth-order valence-corrected chi connectivity index (χ4v) is 1.66. The van der Waals surface area contributed by atoms with E-state index in [2.05, 4.69) is 10.6 Å². The normalized spacial score (nSPS) is 15.1. The van der Waals surface area contributed by atoms with E-state index in [1.807, 2.05) is 19.1 Å². The van der Waals surface area contributed by atoms with Crippen LogP contribution in [0.2, 0.25) is 5.02 Å². The van der Waals surface area contributed by atoms with Crippen LogP contribution in [0.15, 0.2) is 12.1 Å². The molecule has 0 atom stereocenters. The molecule has 0 aliphatic carbocycles. The highest BCUT2D eigenvalue weighted by molar-refractivity contribution is 6.32. The molecule has 0 saturated heterocycles. The Morgan fingerprint density at radius 2 is 2.21 bits per heavy atom. The Balaban J connectivity index is 2.51. The monoisotopic (exact) mass is 210 g/mol. The summed E-state index contributed by atoms with van der Waals surface area (Å²) in [5, 5.41) is 6.70. The van der Waals surface area contributed by atoms with Crippen molar-refractivity contribution in [2.24, 2.45) is 0 Å². The maximum atomic E-state index is 11.3. The molecule has 0 bridgehead atoms. The van der Waals surface area contributed by atoms with Crippen molar-refractivity contribution in [1.29, 1.82) is 0 Å². The van der Waals surface area contributed by atoms with Gasteiger partial charge in [0.1, 0.15) is 0 Å². The number of fused-ring (bicyclic) bond motifs is 1. The first-order valence-corrected chi connectivity index (χ1v) is 4.89. The van der Waals surface area contributed by atoms with Crippen LogP contribution in [0, 0.1) is 6.92 Å². The average molecular weight is 211 g/mol. The van der Waals surface area contributed by atoms with E-state index in [0.29, 0.717) is 18.0 Å². The van der Waals surface area contributed by atoms with Gasteiger partial charge in [-0.1, -0.05) is 11.6 Å². The van der Waals surface area contributed by atoms with Crippen LogP contribution in [-0.2, 0) is 4.79 Å². The first-order chi connectivity index (χ1) is 6.68. The predicted molar refractivity (Wildman–Crippen MR) is 57.9 cm³/mol. The van der Waals surface area contributed by atoms with E-state index >= 15 is 0 Å². The van der Waals surface area contributed by atoms with Crippen LogP contribution in [0.3, 0.4) is 0 Å². The summed E-state index contributed by atoms with van der Waals surface area (Å²) < 4.78 is 0. The van der Waals surface area contributed by atoms with Crippen LogP contribution in [0.25, 0.3) is 0 Å². The topological polar surface area (TPSA) is 41.1 Å². The summed E-state index contributed by atoms with van der Waals surface area (Å²) >= 11 is 5.97. The van der Waals surface area contributed by atoms with Crippen molar-refractivity contribution in [1.82, 2.24) is 0 Å². The summed E-state index contributed by atoms with van der Waals surface area (Å²) in [7, 11) is 0. The van der Waals surface area contributed by atoms with E-state index in [0.717, 1.165) is 16.9 Å². The summed E-state index contributed by atoms with van der Waals surface area (Å²) in [6, 6.07) is 3.72. The number of carbonyl (C=O) groups excluding carboxylic acids is 1. The molecule has 0 fully saturated rings.